The monoisotopic (exact) mass is 209 g/mol. The van der Waals surface area contributed by atoms with Crippen LogP contribution in [0.15, 0.2) is 0 Å². The number of hydrogen-bond acceptors (Lipinski definition) is 3. The summed E-state index contributed by atoms with van der Waals surface area (Å²) in [7, 11) is 0. The molecule has 0 aromatic carbocycles. The summed E-state index contributed by atoms with van der Waals surface area (Å²) in [4.78, 5) is 11.5. The molecule has 3 heteroatoms. The van der Waals surface area contributed by atoms with Crippen molar-refractivity contribution in [2.24, 2.45) is 11.8 Å². The summed E-state index contributed by atoms with van der Waals surface area (Å²) in [6.45, 7) is 0.253. The van der Waals surface area contributed by atoms with Crippen LogP contribution in [-0.2, 0) is 4.79 Å². The Morgan fingerprint density at radius 2 is 2.07 bits per heavy atom. The number of carbonyl (C=O) groups is 1. The number of carbonyl (C=O) groups excluding carboxylic acids is 1. The highest BCUT2D eigenvalue weighted by Crippen LogP contribution is 2.32. The maximum atomic E-state index is 11.5. The molecule has 0 radical (unpaired) electrons. The Kier molecular flexibility index (Phi) is 5.34. The minimum atomic E-state index is -0.0321. The number of nitrogens with zero attached hydrogens (tertiary/aromatic N) is 1. The Hall–Kier alpha value is -0.880. The van der Waals surface area contributed by atoms with Gasteiger partial charge in [0, 0.05) is 18.9 Å². The molecule has 1 N–H and O–H groups in total. The SMILES string of the molecule is N#CC1CCC(=O)C1CCCCCCO. The van der Waals surface area contributed by atoms with Crippen molar-refractivity contribution in [1.29, 1.82) is 5.26 Å². The van der Waals surface area contributed by atoms with Crippen molar-refractivity contribution in [3.05, 3.63) is 0 Å². The van der Waals surface area contributed by atoms with Crippen LogP contribution in [0.25, 0.3) is 0 Å². The molecule has 2 unspecified atom stereocenters. The lowest BCUT2D eigenvalue weighted by molar-refractivity contribution is -0.121. The van der Waals surface area contributed by atoms with Gasteiger partial charge >= 0.3 is 0 Å². The molecule has 0 aromatic heterocycles. The van der Waals surface area contributed by atoms with Crippen molar-refractivity contribution >= 4 is 5.78 Å². The highest BCUT2D eigenvalue weighted by molar-refractivity contribution is 5.83. The summed E-state index contributed by atoms with van der Waals surface area (Å²) in [5.74, 6) is 0.253. The molecule has 0 spiro atoms. The lowest BCUT2D eigenvalue weighted by Gasteiger charge is -2.11. The van der Waals surface area contributed by atoms with E-state index in [4.69, 9.17) is 10.4 Å². The van der Waals surface area contributed by atoms with Crippen LogP contribution in [0.1, 0.15) is 44.9 Å². The van der Waals surface area contributed by atoms with Crippen molar-refractivity contribution in [2.75, 3.05) is 6.61 Å². The largest absolute Gasteiger partial charge is 0.396 e. The van der Waals surface area contributed by atoms with E-state index in [0.717, 1.165) is 38.5 Å². The highest BCUT2D eigenvalue weighted by atomic mass is 16.2. The first-order valence-electron chi connectivity index (χ1n) is 5.82. The molecule has 1 fully saturated rings. The zero-order chi connectivity index (χ0) is 11.1. The minimum absolute atomic E-state index is 0.00382. The first-order chi connectivity index (χ1) is 7.29. The van der Waals surface area contributed by atoms with Gasteiger partial charge in [-0.1, -0.05) is 19.3 Å². The zero-order valence-corrected chi connectivity index (χ0v) is 9.11. The first kappa shape index (κ1) is 12.2. The predicted octanol–water partition coefficient (Wildman–Crippen LogP) is 2.05. The molecular weight excluding hydrogens is 190 g/mol. The summed E-state index contributed by atoms with van der Waals surface area (Å²) in [6, 6.07) is 2.24. The van der Waals surface area contributed by atoms with Gasteiger partial charge in [0.25, 0.3) is 0 Å². The van der Waals surface area contributed by atoms with Gasteiger partial charge in [0.05, 0.1) is 12.0 Å². The van der Waals surface area contributed by atoms with Gasteiger partial charge in [-0.3, -0.25) is 4.79 Å². The van der Waals surface area contributed by atoms with Crippen LogP contribution < -0.4 is 0 Å². The van der Waals surface area contributed by atoms with Gasteiger partial charge in [-0.15, -0.1) is 0 Å². The third kappa shape index (κ3) is 3.64. The van der Waals surface area contributed by atoms with Crippen LogP contribution in [0.3, 0.4) is 0 Å². The Bertz CT molecular complexity index is 244. The van der Waals surface area contributed by atoms with E-state index < -0.39 is 0 Å². The van der Waals surface area contributed by atoms with E-state index in [1.807, 2.05) is 0 Å². The van der Waals surface area contributed by atoms with Crippen LogP contribution in [0, 0.1) is 23.2 Å². The molecular formula is C12H19NO2. The smallest absolute Gasteiger partial charge is 0.137 e. The van der Waals surface area contributed by atoms with Crippen molar-refractivity contribution < 1.29 is 9.90 Å². The fourth-order valence-electron chi connectivity index (χ4n) is 2.26. The lowest BCUT2D eigenvalue weighted by Crippen LogP contribution is -2.13. The molecule has 0 amide bonds. The molecule has 3 nitrogen and oxygen atoms in total. The predicted molar refractivity (Wildman–Crippen MR) is 57.0 cm³/mol. The Labute approximate surface area is 91.1 Å². The summed E-state index contributed by atoms with van der Waals surface area (Å²) >= 11 is 0. The number of nitriles is 1. The maximum Gasteiger partial charge on any atom is 0.137 e. The van der Waals surface area contributed by atoms with Crippen LogP contribution >= 0.6 is 0 Å². The van der Waals surface area contributed by atoms with E-state index in [0.29, 0.717) is 6.42 Å². The second-order valence-electron chi connectivity index (χ2n) is 4.27. The maximum absolute atomic E-state index is 11.5. The fourth-order valence-corrected chi connectivity index (χ4v) is 2.26. The number of hydrogen-bond donors (Lipinski definition) is 1. The fraction of sp³-hybridized carbons (Fsp3) is 0.833. The first-order valence-corrected chi connectivity index (χ1v) is 5.82. The Morgan fingerprint density at radius 1 is 1.33 bits per heavy atom. The quantitative estimate of drug-likeness (QED) is 0.681. The number of aliphatic hydroxyl groups is 1. The van der Waals surface area contributed by atoms with Crippen LogP contribution in [0.4, 0.5) is 0 Å². The molecule has 1 aliphatic carbocycles. The Balaban J connectivity index is 2.19. The average molecular weight is 209 g/mol. The van der Waals surface area contributed by atoms with Gasteiger partial charge in [-0.25, -0.2) is 0 Å². The third-order valence-electron chi connectivity index (χ3n) is 3.19. The van der Waals surface area contributed by atoms with E-state index in [2.05, 4.69) is 6.07 Å². The molecule has 1 saturated carbocycles. The van der Waals surface area contributed by atoms with E-state index in [1.54, 1.807) is 0 Å². The van der Waals surface area contributed by atoms with E-state index >= 15 is 0 Å². The molecule has 0 heterocycles. The number of Topliss-reactive ketones (excluding diaryl/α,β-unsaturated/α-hetero) is 1. The van der Waals surface area contributed by atoms with Gasteiger partial charge < -0.3 is 5.11 Å². The van der Waals surface area contributed by atoms with Crippen LogP contribution in [0.2, 0.25) is 0 Å². The van der Waals surface area contributed by atoms with Crippen molar-refractivity contribution in [2.45, 2.75) is 44.9 Å². The van der Waals surface area contributed by atoms with Gasteiger partial charge in [-0.2, -0.15) is 5.26 Å². The molecule has 15 heavy (non-hydrogen) atoms. The van der Waals surface area contributed by atoms with Crippen molar-refractivity contribution in [1.82, 2.24) is 0 Å². The van der Waals surface area contributed by atoms with Gasteiger partial charge in [-0.05, 0) is 19.3 Å². The second kappa shape index (κ2) is 6.58. The van der Waals surface area contributed by atoms with Gasteiger partial charge in [0.1, 0.15) is 5.78 Å². The standard InChI is InChI=1S/C12H19NO2/c13-9-10-6-7-12(15)11(10)5-3-1-2-4-8-14/h10-11,14H,1-8H2. The van der Waals surface area contributed by atoms with Crippen molar-refractivity contribution in [3.63, 3.8) is 0 Å². The van der Waals surface area contributed by atoms with E-state index in [1.165, 1.54) is 0 Å². The molecule has 2 atom stereocenters. The highest BCUT2D eigenvalue weighted by Gasteiger charge is 2.33. The van der Waals surface area contributed by atoms with Gasteiger partial charge in [0.15, 0.2) is 0 Å². The third-order valence-corrected chi connectivity index (χ3v) is 3.19. The van der Waals surface area contributed by atoms with E-state index in [-0.39, 0.29) is 24.2 Å². The topological polar surface area (TPSA) is 61.1 Å². The molecule has 84 valence electrons. The molecule has 0 saturated heterocycles. The number of rotatable bonds is 6. The van der Waals surface area contributed by atoms with Gasteiger partial charge in [0.2, 0.25) is 0 Å². The number of unbranched alkanes of at least 4 members (excludes halogenated alkanes) is 3. The molecule has 1 rings (SSSR count). The normalized spacial score (nSPS) is 25.5. The van der Waals surface area contributed by atoms with Crippen molar-refractivity contribution in [3.8, 4) is 6.07 Å². The summed E-state index contributed by atoms with van der Waals surface area (Å²) in [5, 5.41) is 17.5. The number of ketones is 1. The second-order valence-corrected chi connectivity index (χ2v) is 4.27. The molecule has 0 aromatic rings. The average Bonchev–Trinajstić information content (AvgIpc) is 2.60. The van der Waals surface area contributed by atoms with Crippen LogP contribution in [-0.4, -0.2) is 17.5 Å². The zero-order valence-electron chi connectivity index (χ0n) is 9.11. The number of aliphatic hydroxyl groups excluding tert-OH is 1. The molecule has 0 bridgehead atoms. The van der Waals surface area contributed by atoms with E-state index in [9.17, 15) is 4.79 Å². The summed E-state index contributed by atoms with van der Waals surface area (Å²) in [6.07, 6.45) is 6.16. The minimum Gasteiger partial charge on any atom is -0.396 e. The molecule has 1 aliphatic rings. The molecule has 0 aliphatic heterocycles. The Morgan fingerprint density at radius 3 is 2.73 bits per heavy atom. The lowest BCUT2D eigenvalue weighted by atomic mass is 9.91. The van der Waals surface area contributed by atoms with Crippen LogP contribution in [0.5, 0.6) is 0 Å². The summed E-state index contributed by atoms with van der Waals surface area (Å²) < 4.78 is 0. The summed E-state index contributed by atoms with van der Waals surface area (Å²) in [5.41, 5.74) is 0.